The first-order valence-corrected chi connectivity index (χ1v) is 11.1. The quantitative estimate of drug-likeness (QED) is 0.684. The lowest BCUT2D eigenvalue weighted by Crippen LogP contribution is -3.12. The summed E-state index contributed by atoms with van der Waals surface area (Å²) in [6.07, 6.45) is 0. The Kier molecular flexibility index (Phi) is 6.74. The number of amides is 1. The van der Waals surface area contributed by atoms with Crippen molar-refractivity contribution >= 4 is 21.6 Å². The molecule has 2 aromatic rings. The van der Waals surface area contributed by atoms with Gasteiger partial charge in [0, 0.05) is 18.8 Å². The lowest BCUT2D eigenvalue weighted by atomic mass is 10.2. The highest BCUT2D eigenvalue weighted by atomic mass is 32.2. The smallest absolute Gasteiger partial charge is 0.282 e. The molecular formula is C20H28N3O5S+. The predicted molar refractivity (Wildman–Crippen MR) is 108 cm³/mol. The van der Waals surface area contributed by atoms with Crippen LogP contribution in [0, 0.1) is 6.92 Å². The molecule has 29 heavy (non-hydrogen) atoms. The molecule has 3 rings (SSSR count). The molecule has 1 amide bonds. The van der Waals surface area contributed by atoms with Crippen LogP contribution in [0.4, 0.5) is 5.69 Å². The van der Waals surface area contributed by atoms with Crippen molar-refractivity contribution in [3.8, 4) is 0 Å². The molecule has 1 saturated heterocycles. The van der Waals surface area contributed by atoms with E-state index in [4.69, 9.17) is 9.15 Å². The van der Waals surface area contributed by atoms with Crippen LogP contribution in [-0.2, 0) is 26.1 Å². The maximum absolute atomic E-state index is 12.7. The van der Waals surface area contributed by atoms with Crippen LogP contribution in [0.15, 0.2) is 45.7 Å². The van der Waals surface area contributed by atoms with Crippen molar-refractivity contribution in [2.75, 3.05) is 38.7 Å². The lowest BCUT2D eigenvalue weighted by molar-refractivity contribution is -0.908. The molecule has 158 valence electrons. The number of carbonyl (C=O) groups excluding carboxylic acids is 1. The average Bonchev–Trinajstić information content (AvgIpc) is 3.13. The molecule has 0 spiro atoms. The van der Waals surface area contributed by atoms with E-state index in [1.807, 2.05) is 33.0 Å². The summed E-state index contributed by atoms with van der Waals surface area (Å²) in [7, 11) is -1.61. The molecule has 1 aromatic carbocycles. The molecule has 1 unspecified atom stereocenters. The molecule has 0 saturated carbocycles. The molecular weight excluding hydrogens is 394 g/mol. The lowest BCUT2D eigenvalue weighted by Gasteiger charge is -2.26. The zero-order chi connectivity index (χ0) is 21.0. The van der Waals surface area contributed by atoms with E-state index in [9.17, 15) is 13.2 Å². The van der Waals surface area contributed by atoms with E-state index in [1.54, 1.807) is 12.1 Å². The van der Waals surface area contributed by atoms with Crippen molar-refractivity contribution in [1.29, 1.82) is 0 Å². The Hall–Kier alpha value is -2.20. The van der Waals surface area contributed by atoms with Crippen molar-refractivity contribution in [3.63, 3.8) is 0 Å². The van der Waals surface area contributed by atoms with Gasteiger partial charge in [0.05, 0.1) is 25.2 Å². The highest BCUT2D eigenvalue weighted by Crippen LogP contribution is 2.19. The number of hydrogen-bond acceptors (Lipinski definition) is 5. The SMILES string of the molecule is Cc1ccc(C[NH+](C)[C@H](C)C(=O)Nc2ccc(S(=O)(=O)N3CCOCC3)cc2)o1. The van der Waals surface area contributed by atoms with Crippen LogP contribution in [-0.4, -0.2) is 58.0 Å². The van der Waals surface area contributed by atoms with Gasteiger partial charge in [-0.1, -0.05) is 0 Å². The van der Waals surface area contributed by atoms with Crippen molar-refractivity contribution in [2.45, 2.75) is 31.3 Å². The number of nitrogens with one attached hydrogen (secondary N) is 2. The monoisotopic (exact) mass is 422 g/mol. The number of benzene rings is 1. The number of anilines is 1. The van der Waals surface area contributed by atoms with Crippen LogP contribution in [0.3, 0.4) is 0 Å². The Balaban J connectivity index is 1.60. The molecule has 0 aliphatic carbocycles. The standard InChI is InChI=1S/C20H27N3O5S/c1-15-4-7-18(28-15)14-22(3)16(2)20(24)21-17-5-8-19(9-6-17)29(25,26)23-10-12-27-13-11-23/h4-9,16H,10-14H2,1-3H3,(H,21,24)/p+1/t16-/m1/s1. The second-order valence-corrected chi connectivity index (χ2v) is 9.23. The normalized spacial score (nSPS) is 17.6. The van der Waals surface area contributed by atoms with Crippen molar-refractivity contribution in [3.05, 3.63) is 47.9 Å². The van der Waals surface area contributed by atoms with Crippen molar-refractivity contribution < 1.29 is 27.3 Å². The Morgan fingerprint density at radius 1 is 1.17 bits per heavy atom. The van der Waals surface area contributed by atoms with Gasteiger partial charge in [-0.15, -0.1) is 0 Å². The molecule has 1 fully saturated rings. The summed E-state index contributed by atoms with van der Waals surface area (Å²) in [4.78, 5) is 13.8. The largest absolute Gasteiger partial charge is 0.460 e. The number of sulfonamides is 1. The van der Waals surface area contributed by atoms with E-state index >= 15 is 0 Å². The minimum atomic E-state index is -3.54. The fraction of sp³-hybridized carbons (Fsp3) is 0.450. The molecule has 0 radical (unpaired) electrons. The minimum absolute atomic E-state index is 0.144. The van der Waals surface area contributed by atoms with Gasteiger partial charge in [0.15, 0.2) is 11.8 Å². The fourth-order valence-corrected chi connectivity index (χ4v) is 4.54. The highest BCUT2D eigenvalue weighted by molar-refractivity contribution is 7.89. The number of aryl methyl sites for hydroxylation is 1. The number of hydrogen-bond donors (Lipinski definition) is 2. The molecule has 0 bridgehead atoms. The maximum atomic E-state index is 12.7. The molecule has 1 aliphatic heterocycles. The first-order valence-electron chi connectivity index (χ1n) is 9.64. The maximum Gasteiger partial charge on any atom is 0.282 e. The Labute approximate surface area is 171 Å². The Morgan fingerprint density at radius 2 is 1.83 bits per heavy atom. The molecule has 2 N–H and O–H groups in total. The van der Waals surface area contributed by atoms with Crippen LogP contribution in [0.5, 0.6) is 0 Å². The number of likely N-dealkylation sites (N-methyl/N-ethyl adjacent to an activating group) is 1. The number of morpholine rings is 1. The Bertz CT molecular complexity index is 933. The number of nitrogens with zero attached hydrogens (tertiary/aromatic N) is 1. The zero-order valence-corrected chi connectivity index (χ0v) is 17.8. The van der Waals surface area contributed by atoms with E-state index in [1.165, 1.54) is 16.4 Å². The van der Waals surface area contributed by atoms with Gasteiger partial charge in [0.2, 0.25) is 10.0 Å². The molecule has 8 nitrogen and oxygen atoms in total. The average molecular weight is 423 g/mol. The number of furan rings is 1. The van der Waals surface area contributed by atoms with Gasteiger partial charge in [-0.25, -0.2) is 8.42 Å². The summed E-state index contributed by atoms with van der Waals surface area (Å²) in [5.74, 6) is 1.53. The Morgan fingerprint density at radius 3 is 2.41 bits per heavy atom. The second kappa shape index (κ2) is 9.08. The minimum Gasteiger partial charge on any atom is -0.460 e. The summed E-state index contributed by atoms with van der Waals surface area (Å²) >= 11 is 0. The second-order valence-electron chi connectivity index (χ2n) is 7.29. The van der Waals surface area contributed by atoms with E-state index < -0.39 is 10.0 Å². The zero-order valence-electron chi connectivity index (χ0n) is 17.0. The third kappa shape index (κ3) is 5.24. The van der Waals surface area contributed by atoms with Crippen LogP contribution in [0.1, 0.15) is 18.4 Å². The summed E-state index contributed by atoms with van der Waals surface area (Å²) in [5.41, 5.74) is 0.560. The highest BCUT2D eigenvalue weighted by Gasteiger charge is 2.27. The molecule has 9 heteroatoms. The third-order valence-electron chi connectivity index (χ3n) is 5.11. The van der Waals surface area contributed by atoms with Gasteiger partial charge >= 0.3 is 0 Å². The summed E-state index contributed by atoms with van der Waals surface area (Å²) in [5, 5.41) is 2.85. The van der Waals surface area contributed by atoms with Crippen LogP contribution in [0.2, 0.25) is 0 Å². The number of carbonyl (C=O) groups is 1. The van der Waals surface area contributed by atoms with E-state index in [2.05, 4.69) is 5.32 Å². The number of quaternary nitrogens is 1. The van der Waals surface area contributed by atoms with Gasteiger partial charge in [-0.3, -0.25) is 4.79 Å². The number of rotatable bonds is 7. The van der Waals surface area contributed by atoms with E-state index in [0.29, 0.717) is 38.5 Å². The van der Waals surface area contributed by atoms with Gasteiger partial charge in [-0.2, -0.15) is 4.31 Å². The van der Waals surface area contributed by atoms with Gasteiger partial charge in [0.1, 0.15) is 12.3 Å². The number of ether oxygens (including phenoxy) is 1. The molecule has 1 aromatic heterocycles. The first kappa shape index (κ1) is 21.5. The van der Waals surface area contributed by atoms with Gasteiger partial charge in [0.25, 0.3) is 5.91 Å². The summed E-state index contributed by atoms with van der Waals surface area (Å²) in [6.45, 7) is 5.83. The van der Waals surface area contributed by atoms with E-state index in [0.717, 1.165) is 16.4 Å². The topological polar surface area (TPSA) is 93.3 Å². The van der Waals surface area contributed by atoms with Gasteiger partial charge in [-0.05, 0) is 50.2 Å². The summed E-state index contributed by atoms with van der Waals surface area (Å²) in [6, 6.07) is 9.78. The van der Waals surface area contributed by atoms with Crippen LogP contribution in [0.25, 0.3) is 0 Å². The molecule has 1 aliphatic rings. The fourth-order valence-electron chi connectivity index (χ4n) is 3.13. The van der Waals surface area contributed by atoms with Crippen molar-refractivity contribution in [2.24, 2.45) is 0 Å². The molecule has 2 atom stereocenters. The molecule has 2 heterocycles. The van der Waals surface area contributed by atoms with Gasteiger partial charge < -0.3 is 19.4 Å². The third-order valence-corrected chi connectivity index (χ3v) is 7.02. The summed E-state index contributed by atoms with van der Waals surface area (Å²) < 4.78 is 37.5. The predicted octanol–water partition coefficient (Wildman–Crippen LogP) is 0.651. The van der Waals surface area contributed by atoms with Crippen LogP contribution >= 0.6 is 0 Å². The van der Waals surface area contributed by atoms with Crippen molar-refractivity contribution in [1.82, 2.24) is 4.31 Å². The van der Waals surface area contributed by atoms with Crippen LogP contribution < -0.4 is 10.2 Å². The van der Waals surface area contributed by atoms with E-state index in [-0.39, 0.29) is 16.8 Å². The first-order chi connectivity index (χ1) is 13.8.